The van der Waals surface area contributed by atoms with Crippen LogP contribution in [-0.4, -0.2) is 12.8 Å². The largest absolute Gasteiger partial charge is 0.380 e. The number of benzene rings is 1. The lowest BCUT2D eigenvalue weighted by molar-refractivity contribution is 0.330. The van der Waals surface area contributed by atoms with Crippen molar-refractivity contribution in [3.05, 3.63) is 60.4 Å². The molecule has 0 N–H and O–H groups in total. The van der Waals surface area contributed by atoms with Crippen LogP contribution < -0.4 is 0 Å². The van der Waals surface area contributed by atoms with Crippen LogP contribution in [-0.2, 0) is 6.42 Å². The summed E-state index contributed by atoms with van der Waals surface area (Å²) in [7, 11) is -1.66. The monoisotopic (exact) mass is 369 g/mol. The van der Waals surface area contributed by atoms with Crippen molar-refractivity contribution in [3.8, 4) is 0 Å². The minimum absolute atomic E-state index is 0.114. The normalized spacial score (nSPS) is 17.2. The van der Waals surface area contributed by atoms with Crippen LogP contribution in [0.2, 0.25) is 16.6 Å². The summed E-state index contributed by atoms with van der Waals surface area (Å²) < 4.78 is 2.65. The van der Waals surface area contributed by atoms with Gasteiger partial charge in [-0.3, -0.25) is 0 Å². The Morgan fingerprint density at radius 2 is 1.23 bits per heavy atom. The second-order valence-corrected chi connectivity index (χ2v) is 15.1. The van der Waals surface area contributed by atoms with Gasteiger partial charge in [0.15, 0.2) is 8.24 Å². The molecule has 0 saturated heterocycles. The fourth-order valence-electron chi connectivity index (χ4n) is 5.35. The first-order valence-corrected chi connectivity index (χ1v) is 12.6. The van der Waals surface area contributed by atoms with E-state index in [1.54, 1.807) is 0 Å². The lowest BCUT2D eigenvalue weighted by atomic mass is 9.72. The average Bonchev–Trinajstić information content (AvgIpc) is 2.56. The van der Waals surface area contributed by atoms with Gasteiger partial charge < -0.3 is 4.57 Å². The van der Waals surface area contributed by atoms with E-state index < -0.39 is 8.24 Å². The molecule has 0 unspecified atom stereocenters. The molecule has 0 radical (unpaired) electrons. The van der Waals surface area contributed by atoms with Gasteiger partial charge in [0, 0.05) is 5.41 Å². The third-order valence-electron chi connectivity index (χ3n) is 6.74. The molecule has 1 aliphatic heterocycles. The maximum Gasteiger partial charge on any atom is 0.168 e. The van der Waals surface area contributed by atoms with Crippen molar-refractivity contribution >= 4 is 8.24 Å². The summed E-state index contributed by atoms with van der Waals surface area (Å²) in [4.78, 5) is 0. The van der Waals surface area contributed by atoms with Crippen molar-refractivity contribution in [2.75, 3.05) is 0 Å². The average molecular weight is 370 g/mol. The van der Waals surface area contributed by atoms with Gasteiger partial charge in [-0.15, -0.1) is 0 Å². The molecule has 0 aromatic heterocycles. The Labute approximate surface area is 163 Å². The fraction of sp³-hybridized carbons (Fsp3) is 0.583. The zero-order chi connectivity index (χ0) is 19.5. The summed E-state index contributed by atoms with van der Waals surface area (Å²) in [5.74, 6) is 0.575. The highest BCUT2D eigenvalue weighted by atomic mass is 28.3. The zero-order valence-corrected chi connectivity index (χ0v) is 19.2. The van der Waals surface area contributed by atoms with Gasteiger partial charge in [-0.05, 0) is 46.9 Å². The third kappa shape index (κ3) is 3.71. The topological polar surface area (TPSA) is 3.24 Å². The van der Waals surface area contributed by atoms with Crippen LogP contribution in [0.5, 0.6) is 0 Å². The van der Waals surface area contributed by atoms with Crippen LogP contribution >= 0.6 is 0 Å². The molecule has 144 valence electrons. The van der Waals surface area contributed by atoms with Crippen molar-refractivity contribution in [2.24, 2.45) is 11.3 Å². The van der Waals surface area contributed by atoms with Gasteiger partial charge >= 0.3 is 0 Å². The molecule has 1 aliphatic rings. The standard InChI is InChI=1S/C24H39NSi/c1-19(2)24(18-23-12-10-9-11-13-23)14-16-25(17-15-24)26(20(3)4,21(5)6)22(7)8/h9-17,19-22H,18H2,1-8H3. The Bertz CT molecular complexity index is 589. The number of allylic oxidation sites excluding steroid dienone is 2. The SMILES string of the molecule is CC(C)C1(Cc2ccccc2)C=CN([Si](C(C)C)(C(C)C)C(C)C)C=C1. The van der Waals surface area contributed by atoms with E-state index in [0.29, 0.717) is 5.92 Å². The smallest absolute Gasteiger partial charge is 0.168 e. The molecule has 26 heavy (non-hydrogen) atoms. The highest BCUT2D eigenvalue weighted by Crippen LogP contribution is 2.47. The Balaban J connectivity index is 2.38. The molecular weight excluding hydrogens is 330 g/mol. The molecule has 0 amide bonds. The minimum atomic E-state index is -1.66. The summed E-state index contributed by atoms with van der Waals surface area (Å²) in [6.07, 6.45) is 11.0. The first kappa shape index (κ1) is 21.0. The van der Waals surface area contributed by atoms with Crippen LogP contribution in [0.15, 0.2) is 54.9 Å². The molecule has 0 aliphatic carbocycles. The predicted molar refractivity (Wildman–Crippen MR) is 119 cm³/mol. The molecule has 1 nitrogen and oxygen atoms in total. The fourth-order valence-corrected chi connectivity index (χ4v) is 11.8. The van der Waals surface area contributed by atoms with E-state index in [1.165, 1.54) is 5.56 Å². The van der Waals surface area contributed by atoms with Crippen molar-refractivity contribution in [1.82, 2.24) is 4.57 Å². The van der Waals surface area contributed by atoms with Gasteiger partial charge in [-0.2, -0.15) is 0 Å². The van der Waals surface area contributed by atoms with Crippen LogP contribution in [0.4, 0.5) is 0 Å². The maximum atomic E-state index is 2.65. The van der Waals surface area contributed by atoms with Crippen LogP contribution in [0.25, 0.3) is 0 Å². The van der Waals surface area contributed by atoms with E-state index in [1.807, 2.05) is 0 Å². The summed E-state index contributed by atoms with van der Waals surface area (Å²) in [6.45, 7) is 19.3. The molecule has 1 aromatic rings. The number of rotatable bonds is 7. The second-order valence-electron chi connectivity index (χ2n) is 9.32. The Morgan fingerprint density at radius 1 is 0.769 bits per heavy atom. The maximum absolute atomic E-state index is 2.65. The highest BCUT2D eigenvalue weighted by Gasteiger charge is 2.48. The van der Waals surface area contributed by atoms with Gasteiger partial charge in [-0.1, -0.05) is 97.9 Å². The van der Waals surface area contributed by atoms with Gasteiger partial charge in [0.05, 0.1) is 0 Å². The lowest BCUT2D eigenvalue weighted by Crippen LogP contribution is -2.56. The van der Waals surface area contributed by atoms with Crippen molar-refractivity contribution in [3.63, 3.8) is 0 Å². The van der Waals surface area contributed by atoms with E-state index in [4.69, 9.17) is 0 Å². The molecule has 0 fully saturated rings. The van der Waals surface area contributed by atoms with Gasteiger partial charge in [0.2, 0.25) is 0 Å². The molecule has 0 saturated carbocycles. The summed E-state index contributed by atoms with van der Waals surface area (Å²) in [5.41, 5.74) is 3.69. The van der Waals surface area contributed by atoms with Crippen molar-refractivity contribution in [1.29, 1.82) is 0 Å². The molecule has 1 heterocycles. The molecule has 2 heteroatoms. The molecule has 0 atom stereocenters. The van der Waals surface area contributed by atoms with Crippen LogP contribution in [0.3, 0.4) is 0 Å². The predicted octanol–water partition coefficient (Wildman–Crippen LogP) is 7.39. The van der Waals surface area contributed by atoms with E-state index >= 15 is 0 Å². The van der Waals surface area contributed by atoms with Gasteiger partial charge in [-0.25, -0.2) is 0 Å². The Kier molecular flexibility index (Phi) is 6.60. The summed E-state index contributed by atoms with van der Waals surface area (Å²) >= 11 is 0. The van der Waals surface area contributed by atoms with E-state index in [0.717, 1.165) is 23.0 Å². The first-order valence-electron chi connectivity index (χ1n) is 10.4. The molecule has 1 aromatic carbocycles. The zero-order valence-electron chi connectivity index (χ0n) is 18.2. The van der Waals surface area contributed by atoms with Crippen LogP contribution in [0.1, 0.15) is 61.0 Å². The first-order chi connectivity index (χ1) is 12.2. The number of nitrogens with zero attached hydrogens (tertiary/aromatic N) is 1. The Morgan fingerprint density at radius 3 is 1.62 bits per heavy atom. The minimum Gasteiger partial charge on any atom is -0.380 e. The van der Waals surface area contributed by atoms with E-state index in [-0.39, 0.29) is 5.41 Å². The van der Waals surface area contributed by atoms with Crippen molar-refractivity contribution < 1.29 is 0 Å². The van der Waals surface area contributed by atoms with Gasteiger partial charge in [0.1, 0.15) is 0 Å². The molecule has 2 rings (SSSR count). The molecule has 0 bridgehead atoms. The summed E-state index contributed by atoms with van der Waals surface area (Å²) in [5, 5.41) is 0. The lowest BCUT2D eigenvalue weighted by Gasteiger charge is -2.51. The van der Waals surface area contributed by atoms with Crippen LogP contribution in [0, 0.1) is 11.3 Å². The van der Waals surface area contributed by atoms with E-state index in [2.05, 4.69) is 115 Å². The van der Waals surface area contributed by atoms with Crippen molar-refractivity contribution in [2.45, 2.75) is 78.4 Å². The van der Waals surface area contributed by atoms with Gasteiger partial charge in [0.25, 0.3) is 0 Å². The second kappa shape index (κ2) is 8.16. The highest BCUT2D eigenvalue weighted by molar-refractivity contribution is 6.81. The van der Waals surface area contributed by atoms with E-state index in [9.17, 15) is 0 Å². The number of hydrogen-bond acceptors (Lipinski definition) is 1. The third-order valence-corrected chi connectivity index (χ3v) is 13.5. The quantitative estimate of drug-likeness (QED) is 0.453. The molecular formula is C24H39NSi. The number of hydrogen-bond donors (Lipinski definition) is 0. The summed E-state index contributed by atoms with van der Waals surface area (Å²) in [6, 6.07) is 10.9. The molecule has 0 spiro atoms. The Hall–Kier alpha value is -1.28.